The van der Waals surface area contributed by atoms with Crippen molar-refractivity contribution in [1.82, 2.24) is 4.72 Å². The summed E-state index contributed by atoms with van der Waals surface area (Å²) in [7, 11) is -4.22. The zero-order valence-corrected chi connectivity index (χ0v) is 11.8. The summed E-state index contributed by atoms with van der Waals surface area (Å²) in [5.41, 5.74) is 4.56. The highest BCUT2D eigenvalue weighted by Gasteiger charge is 2.31. The predicted octanol–water partition coefficient (Wildman–Crippen LogP) is 0.383. The molecular formula is C11H15N3O5S. The third-order valence-electron chi connectivity index (χ3n) is 2.61. The smallest absolute Gasteiger partial charge is 0.289 e. The lowest BCUT2D eigenvalue weighted by atomic mass is 10.1. The van der Waals surface area contributed by atoms with Gasteiger partial charge in [-0.2, -0.15) is 4.72 Å². The monoisotopic (exact) mass is 301 g/mol. The van der Waals surface area contributed by atoms with Crippen molar-refractivity contribution in [1.29, 1.82) is 0 Å². The number of para-hydroxylation sites is 1. The second-order valence-corrected chi connectivity index (χ2v) is 6.15. The molecule has 1 aromatic rings. The summed E-state index contributed by atoms with van der Waals surface area (Å²) in [6, 6.07) is 3.74. The minimum Gasteiger partial charge on any atom is -0.368 e. The average molecular weight is 301 g/mol. The molecule has 0 radical (unpaired) electrons. The first-order valence-electron chi connectivity index (χ1n) is 5.72. The topological polar surface area (TPSA) is 132 Å². The Morgan fingerprint density at radius 3 is 2.35 bits per heavy atom. The van der Waals surface area contributed by atoms with Gasteiger partial charge in [-0.05, 0) is 12.0 Å². The summed E-state index contributed by atoms with van der Waals surface area (Å²) in [6.07, 6.45) is 0. The Morgan fingerprint density at radius 1 is 1.35 bits per heavy atom. The number of hydrogen-bond donors (Lipinski definition) is 2. The molecule has 0 saturated heterocycles. The van der Waals surface area contributed by atoms with Crippen molar-refractivity contribution in [2.45, 2.75) is 24.8 Å². The molecule has 1 amide bonds. The van der Waals surface area contributed by atoms with Gasteiger partial charge < -0.3 is 5.73 Å². The predicted molar refractivity (Wildman–Crippen MR) is 71.2 cm³/mol. The zero-order valence-electron chi connectivity index (χ0n) is 10.9. The second kappa shape index (κ2) is 5.97. The van der Waals surface area contributed by atoms with Crippen molar-refractivity contribution in [2.75, 3.05) is 0 Å². The molecule has 9 heteroatoms. The Kier molecular flexibility index (Phi) is 4.79. The van der Waals surface area contributed by atoms with Gasteiger partial charge in [0.15, 0.2) is 4.90 Å². The first-order chi connectivity index (χ1) is 9.16. The van der Waals surface area contributed by atoms with Gasteiger partial charge in [0.25, 0.3) is 5.69 Å². The highest BCUT2D eigenvalue weighted by Crippen LogP contribution is 2.23. The fraction of sp³-hybridized carbons (Fsp3) is 0.364. The quantitative estimate of drug-likeness (QED) is 0.579. The second-order valence-electron chi connectivity index (χ2n) is 4.47. The molecule has 110 valence electrons. The van der Waals surface area contributed by atoms with Crippen LogP contribution in [0.3, 0.4) is 0 Å². The van der Waals surface area contributed by atoms with Crippen LogP contribution in [0.5, 0.6) is 0 Å². The molecule has 0 aromatic heterocycles. The van der Waals surface area contributed by atoms with Crippen LogP contribution in [-0.4, -0.2) is 25.3 Å². The van der Waals surface area contributed by atoms with Crippen molar-refractivity contribution in [3.8, 4) is 0 Å². The number of nitro groups is 1. The van der Waals surface area contributed by atoms with Crippen molar-refractivity contribution in [3.63, 3.8) is 0 Å². The first-order valence-corrected chi connectivity index (χ1v) is 7.20. The van der Waals surface area contributed by atoms with E-state index in [1.54, 1.807) is 13.8 Å². The van der Waals surface area contributed by atoms with E-state index in [0.29, 0.717) is 0 Å². The fourth-order valence-electron chi connectivity index (χ4n) is 1.59. The van der Waals surface area contributed by atoms with Gasteiger partial charge >= 0.3 is 0 Å². The number of carbonyl (C=O) groups is 1. The van der Waals surface area contributed by atoms with Gasteiger partial charge in [-0.25, -0.2) is 8.42 Å². The van der Waals surface area contributed by atoms with Crippen LogP contribution >= 0.6 is 0 Å². The number of amides is 1. The molecule has 3 N–H and O–H groups in total. The molecule has 0 spiro atoms. The number of nitrogens with zero attached hydrogens (tertiary/aromatic N) is 1. The molecule has 1 unspecified atom stereocenters. The normalized spacial score (nSPS) is 13.2. The van der Waals surface area contributed by atoms with E-state index in [4.69, 9.17) is 5.73 Å². The molecule has 8 nitrogen and oxygen atoms in total. The van der Waals surface area contributed by atoms with Crippen LogP contribution in [-0.2, 0) is 14.8 Å². The number of sulfonamides is 1. The van der Waals surface area contributed by atoms with Crippen LogP contribution in [0.15, 0.2) is 29.2 Å². The van der Waals surface area contributed by atoms with E-state index in [2.05, 4.69) is 4.72 Å². The molecule has 0 saturated carbocycles. The fourth-order valence-corrected chi connectivity index (χ4v) is 3.11. The minimum absolute atomic E-state index is 0.384. The third-order valence-corrected chi connectivity index (χ3v) is 4.10. The Hall–Kier alpha value is -2.00. The SMILES string of the molecule is CC(C)C(NS(=O)(=O)c1ccccc1[N+](=O)[O-])C(N)=O. The number of rotatable bonds is 6. The maximum Gasteiger partial charge on any atom is 0.289 e. The van der Waals surface area contributed by atoms with Crippen LogP contribution in [0.25, 0.3) is 0 Å². The molecule has 1 atom stereocenters. The van der Waals surface area contributed by atoms with E-state index in [1.807, 2.05) is 0 Å². The number of primary amides is 1. The van der Waals surface area contributed by atoms with Gasteiger partial charge in [0.1, 0.15) is 6.04 Å². The van der Waals surface area contributed by atoms with Gasteiger partial charge in [0.2, 0.25) is 15.9 Å². The molecule has 0 heterocycles. The maximum absolute atomic E-state index is 12.2. The van der Waals surface area contributed by atoms with E-state index in [9.17, 15) is 23.3 Å². The molecule has 0 aliphatic heterocycles. The minimum atomic E-state index is -4.22. The van der Waals surface area contributed by atoms with E-state index in [0.717, 1.165) is 12.1 Å². The summed E-state index contributed by atoms with van der Waals surface area (Å²) < 4.78 is 26.4. The number of benzene rings is 1. The van der Waals surface area contributed by atoms with Gasteiger partial charge in [-0.15, -0.1) is 0 Å². The van der Waals surface area contributed by atoms with Gasteiger partial charge in [-0.3, -0.25) is 14.9 Å². The lowest BCUT2D eigenvalue weighted by Crippen LogP contribution is -2.47. The molecule has 20 heavy (non-hydrogen) atoms. The number of nitrogens with two attached hydrogens (primary N) is 1. The Bertz CT molecular complexity index is 627. The van der Waals surface area contributed by atoms with Crippen LogP contribution < -0.4 is 10.5 Å². The van der Waals surface area contributed by atoms with Crippen LogP contribution in [0.4, 0.5) is 5.69 Å². The molecular weight excluding hydrogens is 286 g/mol. The summed E-state index contributed by atoms with van der Waals surface area (Å²) in [6.45, 7) is 3.22. The van der Waals surface area contributed by atoms with Crippen LogP contribution in [0.1, 0.15) is 13.8 Å². The third kappa shape index (κ3) is 3.52. The van der Waals surface area contributed by atoms with E-state index >= 15 is 0 Å². The maximum atomic E-state index is 12.2. The summed E-state index contributed by atoms with van der Waals surface area (Å²) in [5, 5.41) is 10.8. The lowest BCUT2D eigenvalue weighted by Gasteiger charge is -2.18. The lowest BCUT2D eigenvalue weighted by molar-refractivity contribution is -0.387. The van der Waals surface area contributed by atoms with Crippen molar-refractivity contribution in [2.24, 2.45) is 11.7 Å². The standard InChI is InChI=1S/C11H15N3O5S/c1-7(2)10(11(12)15)13-20(18,19)9-6-4-3-5-8(9)14(16)17/h3-7,10,13H,1-2H3,(H2,12,15). The highest BCUT2D eigenvalue weighted by atomic mass is 32.2. The van der Waals surface area contributed by atoms with E-state index in [1.165, 1.54) is 12.1 Å². The van der Waals surface area contributed by atoms with Crippen LogP contribution in [0.2, 0.25) is 0 Å². The molecule has 0 aliphatic rings. The number of nitro benzene ring substituents is 1. The Morgan fingerprint density at radius 2 is 1.90 bits per heavy atom. The number of hydrogen-bond acceptors (Lipinski definition) is 5. The summed E-state index contributed by atoms with van der Waals surface area (Å²) in [5.74, 6) is -1.23. The Labute approximate surface area is 116 Å². The highest BCUT2D eigenvalue weighted by molar-refractivity contribution is 7.89. The van der Waals surface area contributed by atoms with E-state index in [-0.39, 0.29) is 5.92 Å². The molecule has 1 aromatic carbocycles. The van der Waals surface area contributed by atoms with Gasteiger partial charge in [0, 0.05) is 6.07 Å². The first kappa shape index (κ1) is 16.1. The summed E-state index contributed by atoms with van der Waals surface area (Å²) in [4.78, 5) is 20.8. The van der Waals surface area contributed by atoms with Gasteiger partial charge in [0.05, 0.1) is 4.92 Å². The molecule has 0 aliphatic carbocycles. The zero-order chi connectivity index (χ0) is 15.5. The van der Waals surface area contributed by atoms with Crippen molar-refractivity contribution >= 4 is 21.6 Å². The molecule has 0 bridgehead atoms. The molecule has 0 fully saturated rings. The Balaban J connectivity index is 3.24. The number of nitrogens with one attached hydrogen (secondary N) is 1. The molecule has 1 rings (SSSR count). The van der Waals surface area contributed by atoms with E-state index < -0.39 is 37.5 Å². The van der Waals surface area contributed by atoms with Gasteiger partial charge in [-0.1, -0.05) is 26.0 Å². The van der Waals surface area contributed by atoms with Crippen molar-refractivity contribution in [3.05, 3.63) is 34.4 Å². The van der Waals surface area contributed by atoms with Crippen LogP contribution in [0, 0.1) is 16.0 Å². The largest absolute Gasteiger partial charge is 0.368 e. The number of carbonyl (C=O) groups excluding carboxylic acids is 1. The van der Waals surface area contributed by atoms with Crippen molar-refractivity contribution < 1.29 is 18.1 Å². The summed E-state index contributed by atoms with van der Waals surface area (Å²) >= 11 is 0. The average Bonchev–Trinajstić information content (AvgIpc) is 2.35.